The number of urea groups is 1. The van der Waals surface area contributed by atoms with E-state index in [4.69, 9.17) is 0 Å². The number of carbonyl (C=O) groups is 3. The first-order valence-electron chi connectivity index (χ1n) is 10.0. The van der Waals surface area contributed by atoms with Crippen molar-refractivity contribution in [1.82, 2.24) is 15.5 Å². The van der Waals surface area contributed by atoms with Gasteiger partial charge in [0, 0.05) is 6.04 Å². The first-order valence-corrected chi connectivity index (χ1v) is 10.0. The number of nitrogens with zero attached hydrogens (tertiary/aromatic N) is 1. The fourth-order valence-corrected chi connectivity index (χ4v) is 4.43. The van der Waals surface area contributed by atoms with E-state index in [1.165, 1.54) is 5.56 Å². The number of imide groups is 1. The predicted molar refractivity (Wildman–Crippen MR) is 101 cm³/mol. The number of carbonyl (C=O) groups excluding carboxylic acids is 3. The van der Waals surface area contributed by atoms with E-state index >= 15 is 0 Å². The van der Waals surface area contributed by atoms with Gasteiger partial charge in [0.25, 0.3) is 5.91 Å². The molecule has 27 heavy (non-hydrogen) atoms. The largest absolute Gasteiger partial charge is 0.351 e. The second-order valence-corrected chi connectivity index (χ2v) is 8.21. The van der Waals surface area contributed by atoms with Gasteiger partial charge < -0.3 is 10.6 Å². The van der Waals surface area contributed by atoms with Gasteiger partial charge >= 0.3 is 6.03 Å². The first-order chi connectivity index (χ1) is 13.0. The van der Waals surface area contributed by atoms with E-state index < -0.39 is 17.6 Å². The highest BCUT2D eigenvalue weighted by Crippen LogP contribution is 2.36. The van der Waals surface area contributed by atoms with Gasteiger partial charge in [0.1, 0.15) is 11.6 Å². The molecule has 0 radical (unpaired) electrons. The Kier molecular flexibility index (Phi) is 4.66. The highest BCUT2D eigenvalue weighted by atomic mass is 16.2. The van der Waals surface area contributed by atoms with Crippen LogP contribution >= 0.6 is 0 Å². The molecule has 2 unspecified atom stereocenters. The molecule has 2 saturated carbocycles. The third-order valence-corrected chi connectivity index (χ3v) is 6.23. The number of nitrogens with one attached hydrogen (secondary N) is 2. The fourth-order valence-electron chi connectivity index (χ4n) is 4.43. The van der Waals surface area contributed by atoms with Gasteiger partial charge in [-0.3, -0.25) is 9.59 Å². The highest BCUT2D eigenvalue weighted by Gasteiger charge is 2.54. The Balaban J connectivity index is 1.43. The predicted octanol–water partition coefficient (Wildman–Crippen LogP) is 2.38. The first kappa shape index (κ1) is 18.0. The Morgan fingerprint density at radius 2 is 1.89 bits per heavy atom. The standard InChI is InChI=1S/C21H27N3O3/c1-14(24-19(26)21(23-20(24)27)11-5-6-12-21)18(25)22-17(16-9-10-16)13-15-7-3-2-4-8-15/h2-4,7-8,14,16-17H,5-6,9-13H2,1H3,(H,22,25)(H,23,27). The van der Waals surface area contributed by atoms with Crippen LogP contribution in [0.2, 0.25) is 0 Å². The van der Waals surface area contributed by atoms with Gasteiger partial charge in [-0.2, -0.15) is 0 Å². The van der Waals surface area contributed by atoms with Crippen LogP contribution < -0.4 is 10.6 Å². The van der Waals surface area contributed by atoms with Gasteiger partial charge in [-0.25, -0.2) is 9.69 Å². The van der Waals surface area contributed by atoms with Crippen LogP contribution in [0.15, 0.2) is 30.3 Å². The molecule has 1 aliphatic heterocycles. The van der Waals surface area contributed by atoms with E-state index in [0.717, 1.165) is 37.0 Å². The molecule has 2 N–H and O–H groups in total. The molecule has 0 bridgehead atoms. The Morgan fingerprint density at radius 3 is 2.52 bits per heavy atom. The summed E-state index contributed by atoms with van der Waals surface area (Å²) in [6.07, 6.45) is 6.19. The quantitative estimate of drug-likeness (QED) is 0.756. The molecule has 1 aromatic rings. The van der Waals surface area contributed by atoms with E-state index in [1.807, 2.05) is 18.2 Å². The minimum atomic E-state index is -0.797. The Labute approximate surface area is 159 Å². The maximum Gasteiger partial charge on any atom is 0.325 e. The van der Waals surface area contributed by atoms with Crippen molar-refractivity contribution in [2.24, 2.45) is 5.92 Å². The van der Waals surface area contributed by atoms with Crippen LogP contribution in [0, 0.1) is 5.92 Å². The highest BCUT2D eigenvalue weighted by molar-refractivity contribution is 6.10. The minimum absolute atomic E-state index is 0.0450. The lowest BCUT2D eigenvalue weighted by Crippen LogP contribution is -2.52. The zero-order chi connectivity index (χ0) is 19.0. The molecular weight excluding hydrogens is 342 g/mol. The number of hydrogen-bond donors (Lipinski definition) is 2. The summed E-state index contributed by atoms with van der Waals surface area (Å²) in [5, 5.41) is 5.96. The van der Waals surface area contributed by atoms with Crippen LogP contribution in [0.1, 0.15) is 51.0 Å². The summed E-state index contributed by atoms with van der Waals surface area (Å²) in [4.78, 5) is 39.3. The van der Waals surface area contributed by atoms with Crippen molar-refractivity contribution >= 4 is 17.8 Å². The second-order valence-electron chi connectivity index (χ2n) is 8.21. The maximum atomic E-state index is 12.9. The molecule has 6 nitrogen and oxygen atoms in total. The molecule has 4 rings (SSSR count). The lowest BCUT2D eigenvalue weighted by atomic mass is 9.97. The second kappa shape index (κ2) is 6.98. The SMILES string of the molecule is CC(C(=O)NC(Cc1ccccc1)C1CC1)N1C(=O)NC2(CCCC2)C1=O. The molecule has 1 aromatic carbocycles. The number of benzene rings is 1. The zero-order valence-electron chi connectivity index (χ0n) is 15.7. The minimum Gasteiger partial charge on any atom is -0.351 e. The third kappa shape index (κ3) is 3.45. The molecule has 3 aliphatic rings. The lowest BCUT2D eigenvalue weighted by molar-refractivity contribution is -0.138. The maximum absolute atomic E-state index is 12.9. The molecule has 1 spiro atoms. The molecule has 3 fully saturated rings. The summed E-state index contributed by atoms with van der Waals surface area (Å²) in [5.74, 6) is -0.00861. The van der Waals surface area contributed by atoms with E-state index in [1.54, 1.807) is 6.92 Å². The van der Waals surface area contributed by atoms with Crippen LogP contribution in [0.3, 0.4) is 0 Å². The average Bonchev–Trinajstić information content (AvgIpc) is 3.35. The van der Waals surface area contributed by atoms with Crippen LogP contribution in [0.25, 0.3) is 0 Å². The monoisotopic (exact) mass is 369 g/mol. The van der Waals surface area contributed by atoms with Crippen molar-refractivity contribution in [3.05, 3.63) is 35.9 Å². The molecule has 4 amide bonds. The number of hydrogen-bond acceptors (Lipinski definition) is 3. The smallest absolute Gasteiger partial charge is 0.325 e. The molecule has 1 saturated heterocycles. The van der Waals surface area contributed by atoms with Crippen LogP contribution in [-0.4, -0.2) is 40.4 Å². The van der Waals surface area contributed by atoms with Crippen molar-refractivity contribution in [2.75, 3.05) is 0 Å². The van der Waals surface area contributed by atoms with Gasteiger partial charge in [0.05, 0.1) is 0 Å². The van der Waals surface area contributed by atoms with Crippen molar-refractivity contribution in [3.63, 3.8) is 0 Å². The summed E-state index contributed by atoms with van der Waals surface area (Å²) in [6.45, 7) is 1.65. The van der Waals surface area contributed by atoms with Gasteiger partial charge in [0.15, 0.2) is 0 Å². The van der Waals surface area contributed by atoms with E-state index in [9.17, 15) is 14.4 Å². The van der Waals surface area contributed by atoms with Gasteiger partial charge in [-0.1, -0.05) is 43.2 Å². The molecule has 6 heteroatoms. The Bertz CT molecular complexity index is 738. The van der Waals surface area contributed by atoms with Crippen LogP contribution in [0.5, 0.6) is 0 Å². The van der Waals surface area contributed by atoms with Gasteiger partial charge in [-0.15, -0.1) is 0 Å². The third-order valence-electron chi connectivity index (χ3n) is 6.23. The summed E-state index contributed by atoms with van der Waals surface area (Å²) in [7, 11) is 0. The van der Waals surface area contributed by atoms with Crippen molar-refractivity contribution in [3.8, 4) is 0 Å². The number of amides is 4. The molecule has 0 aromatic heterocycles. The van der Waals surface area contributed by atoms with E-state index in [0.29, 0.717) is 18.8 Å². The summed E-state index contributed by atoms with van der Waals surface area (Å²) in [5.41, 5.74) is 0.410. The topological polar surface area (TPSA) is 78.5 Å². The molecular formula is C21H27N3O3. The zero-order valence-corrected chi connectivity index (χ0v) is 15.7. The van der Waals surface area contributed by atoms with Crippen molar-refractivity contribution in [2.45, 2.75) is 69.5 Å². The summed E-state index contributed by atoms with van der Waals surface area (Å²) in [6, 6.07) is 8.91. The number of rotatable bonds is 6. The van der Waals surface area contributed by atoms with E-state index in [2.05, 4.69) is 22.8 Å². The van der Waals surface area contributed by atoms with Crippen LogP contribution in [0.4, 0.5) is 4.79 Å². The van der Waals surface area contributed by atoms with Crippen molar-refractivity contribution < 1.29 is 14.4 Å². The molecule has 2 atom stereocenters. The average molecular weight is 369 g/mol. The molecule has 1 heterocycles. The normalized spacial score (nSPS) is 23.4. The lowest BCUT2D eigenvalue weighted by Gasteiger charge is -2.26. The van der Waals surface area contributed by atoms with Crippen LogP contribution in [-0.2, 0) is 16.0 Å². The molecule has 144 valence electrons. The van der Waals surface area contributed by atoms with E-state index in [-0.39, 0.29) is 17.9 Å². The van der Waals surface area contributed by atoms with Gasteiger partial charge in [-0.05, 0) is 50.5 Å². The summed E-state index contributed by atoms with van der Waals surface area (Å²) < 4.78 is 0. The summed E-state index contributed by atoms with van der Waals surface area (Å²) >= 11 is 0. The Morgan fingerprint density at radius 1 is 1.22 bits per heavy atom. The fraction of sp³-hybridized carbons (Fsp3) is 0.571. The molecule has 2 aliphatic carbocycles. The van der Waals surface area contributed by atoms with Crippen molar-refractivity contribution in [1.29, 1.82) is 0 Å². The van der Waals surface area contributed by atoms with Gasteiger partial charge in [0.2, 0.25) is 5.91 Å². The Hall–Kier alpha value is -2.37.